The molecule has 2 aromatic carbocycles. The maximum absolute atomic E-state index is 6.03. The van der Waals surface area contributed by atoms with Crippen LogP contribution in [-0.4, -0.2) is 11.3 Å². The van der Waals surface area contributed by atoms with Gasteiger partial charge in [-0.2, -0.15) is 0 Å². The maximum atomic E-state index is 6.03. The Kier molecular flexibility index (Phi) is 12.0. The van der Waals surface area contributed by atoms with Gasteiger partial charge < -0.3 is 8.83 Å². The van der Waals surface area contributed by atoms with Crippen LogP contribution in [0.1, 0.15) is 80.5 Å². The second kappa shape index (κ2) is 15.2. The van der Waals surface area contributed by atoms with Crippen molar-refractivity contribution in [3.05, 3.63) is 95.4 Å². The Bertz CT molecular complexity index is 1210. The summed E-state index contributed by atoms with van der Waals surface area (Å²) in [5.41, 5.74) is 8.78. The molecule has 0 N–H and O–H groups in total. The third kappa shape index (κ3) is 8.06. The van der Waals surface area contributed by atoms with Crippen molar-refractivity contribution in [2.75, 3.05) is 0 Å². The van der Waals surface area contributed by atoms with Crippen molar-refractivity contribution in [1.82, 2.24) is 0 Å². The standard InChI is InChI=1S/C31H36O2P2.C5H10.Fe/c1-21-15-22(2)18-26(17-21)34(27-19-23(3)16-24(4)20-27)25(5)28-9-6-10-29(28)35(30-11-7-13-32-30)31-12-8-14-33-31;1-2-4-5-3-1;/h7-8,11-20,25,28-29H,6,9-10H2,1-5H3;1-5H2;. The van der Waals surface area contributed by atoms with Crippen LogP contribution in [0, 0.1) is 33.6 Å². The predicted octanol–water partition coefficient (Wildman–Crippen LogP) is 9.18. The molecule has 3 unspecified atom stereocenters. The van der Waals surface area contributed by atoms with E-state index in [0.29, 0.717) is 17.2 Å². The minimum absolute atomic E-state index is 0. The first-order valence-electron chi connectivity index (χ1n) is 15.2. The molecule has 2 nitrogen and oxygen atoms in total. The normalized spacial score (nSPS) is 19.2. The van der Waals surface area contributed by atoms with Crippen LogP contribution in [0.3, 0.4) is 0 Å². The third-order valence-corrected chi connectivity index (χ3v) is 14.2. The Morgan fingerprint density at radius 1 is 0.634 bits per heavy atom. The number of benzene rings is 2. The second-order valence-electron chi connectivity index (χ2n) is 12.0. The molecule has 220 valence electrons. The van der Waals surface area contributed by atoms with E-state index in [4.69, 9.17) is 8.83 Å². The van der Waals surface area contributed by atoms with E-state index in [1.54, 1.807) is 0 Å². The molecule has 5 heteroatoms. The van der Waals surface area contributed by atoms with E-state index in [0.717, 1.165) is 11.0 Å². The van der Waals surface area contributed by atoms with Crippen molar-refractivity contribution in [2.45, 2.75) is 97.3 Å². The van der Waals surface area contributed by atoms with Gasteiger partial charge in [0.15, 0.2) is 0 Å². The molecule has 2 fully saturated rings. The van der Waals surface area contributed by atoms with E-state index in [1.165, 1.54) is 84.2 Å². The average molecular weight is 629 g/mol. The largest absolute Gasteiger partial charge is 0.464 e. The average Bonchev–Trinajstić information content (AvgIpc) is 3.74. The predicted molar refractivity (Wildman–Crippen MR) is 175 cm³/mol. The van der Waals surface area contributed by atoms with Crippen LogP contribution in [0.5, 0.6) is 0 Å². The summed E-state index contributed by atoms with van der Waals surface area (Å²) < 4.78 is 12.1. The fourth-order valence-corrected chi connectivity index (χ4v) is 13.4. The zero-order valence-corrected chi connectivity index (χ0v) is 28.3. The molecule has 2 saturated carbocycles. The van der Waals surface area contributed by atoms with Crippen LogP contribution in [0.15, 0.2) is 82.0 Å². The Morgan fingerprint density at radius 2 is 1.07 bits per heavy atom. The molecule has 2 aliphatic carbocycles. The monoisotopic (exact) mass is 628 g/mol. The van der Waals surface area contributed by atoms with Crippen molar-refractivity contribution in [1.29, 1.82) is 0 Å². The van der Waals surface area contributed by atoms with Gasteiger partial charge in [0.25, 0.3) is 0 Å². The summed E-state index contributed by atoms with van der Waals surface area (Å²) in [4.78, 5) is 0. The van der Waals surface area contributed by atoms with Crippen molar-refractivity contribution >= 4 is 37.5 Å². The molecule has 0 radical (unpaired) electrons. The molecule has 41 heavy (non-hydrogen) atoms. The van der Waals surface area contributed by atoms with E-state index in [-0.39, 0.29) is 17.1 Å². The van der Waals surface area contributed by atoms with Crippen molar-refractivity contribution < 1.29 is 25.9 Å². The summed E-state index contributed by atoms with van der Waals surface area (Å²) in [5, 5.41) is 3.03. The van der Waals surface area contributed by atoms with E-state index in [2.05, 4.69) is 83.1 Å². The number of rotatable bonds is 7. The van der Waals surface area contributed by atoms with E-state index >= 15 is 0 Å². The van der Waals surface area contributed by atoms with Crippen molar-refractivity contribution in [3.8, 4) is 0 Å². The van der Waals surface area contributed by atoms with Crippen LogP contribution in [0.2, 0.25) is 0 Å². The van der Waals surface area contributed by atoms with Crippen molar-refractivity contribution in [3.63, 3.8) is 0 Å². The van der Waals surface area contributed by atoms with Gasteiger partial charge in [-0.25, -0.2) is 0 Å². The summed E-state index contributed by atoms with van der Waals surface area (Å²) >= 11 is 0. The fourth-order valence-electron chi connectivity index (χ4n) is 6.98. The molecule has 0 aliphatic heterocycles. The van der Waals surface area contributed by atoms with E-state index in [1.807, 2.05) is 24.7 Å². The molecule has 0 bridgehead atoms. The van der Waals surface area contributed by atoms with Crippen LogP contribution in [0.4, 0.5) is 0 Å². The summed E-state index contributed by atoms with van der Waals surface area (Å²) in [6.45, 7) is 11.5. The number of aryl methyl sites for hydroxylation is 4. The first kappa shape index (κ1) is 32.3. The fraction of sp³-hybridized carbons (Fsp3) is 0.444. The summed E-state index contributed by atoms with van der Waals surface area (Å²) in [6.07, 6.45) is 14.9. The van der Waals surface area contributed by atoms with Gasteiger partial charge in [-0.15, -0.1) is 0 Å². The molecular weight excluding hydrogens is 582 g/mol. The van der Waals surface area contributed by atoms with Gasteiger partial charge in [-0.05, 0) is 101 Å². The van der Waals surface area contributed by atoms with Crippen LogP contribution >= 0.6 is 15.8 Å². The van der Waals surface area contributed by atoms with Gasteiger partial charge >= 0.3 is 0 Å². The van der Waals surface area contributed by atoms with Gasteiger partial charge in [0.2, 0.25) is 0 Å². The molecule has 4 aromatic rings. The number of hydrogen-bond donors (Lipinski definition) is 0. The van der Waals surface area contributed by atoms with Crippen LogP contribution in [-0.2, 0) is 17.1 Å². The smallest absolute Gasteiger partial charge is 0.133 e. The minimum atomic E-state index is -0.660. The number of hydrogen-bond acceptors (Lipinski definition) is 2. The molecule has 0 amide bonds. The Labute approximate surface area is 261 Å². The van der Waals surface area contributed by atoms with Crippen LogP contribution < -0.4 is 21.6 Å². The summed E-state index contributed by atoms with van der Waals surface area (Å²) in [5.74, 6) is 0.629. The maximum Gasteiger partial charge on any atom is 0.133 e. The first-order chi connectivity index (χ1) is 19.4. The summed E-state index contributed by atoms with van der Waals surface area (Å²) in [7, 11) is -1.17. The molecule has 2 heterocycles. The van der Waals surface area contributed by atoms with Gasteiger partial charge in [-0.3, -0.25) is 0 Å². The van der Waals surface area contributed by atoms with Crippen molar-refractivity contribution in [2.24, 2.45) is 5.92 Å². The zero-order valence-electron chi connectivity index (χ0n) is 25.4. The van der Waals surface area contributed by atoms with E-state index in [9.17, 15) is 0 Å². The molecule has 0 saturated heterocycles. The van der Waals surface area contributed by atoms with Crippen LogP contribution in [0.25, 0.3) is 0 Å². The topological polar surface area (TPSA) is 26.3 Å². The quantitative estimate of drug-likeness (QED) is 0.151. The molecule has 2 aromatic heterocycles. The minimum Gasteiger partial charge on any atom is -0.464 e. The number of furan rings is 2. The molecule has 6 rings (SSSR count). The molecule has 2 aliphatic rings. The molecular formula is C36H46FeO2P2. The zero-order chi connectivity index (χ0) is 28.1. The first-order valence-corrected chi connectivity index (χ1v) is 18.0. The second-order valence-corrected chi connectivity index (χ2v) is 16.9. The van der Waals surface area contributed by atoms with Gasteiger partial charge in [0.05, 0.1) is 12.5 Å². The Morgan fingerprint density at radius 3 is 1.46 bits per heavy atom. The summed E-state index contributed by atoms with van der Waals surface area (Å²) in [6, 6.07) is 22.7. The molecule has 0 spiro atoms. The Balaban J connectivity index is 0.000000584. The van der Waals surface area contributed by atoms with Gasteiger partial charge in [0, 0.05) is 25.0 Å². The molecule has 3 atom stereocenters. The SMILES string of the molecule is C1CCCC1.Cc1cc(C)cc(P(c2cc(C)cc(C)c2)C(C)C2CCCC2P(c2ccco2)c2ccco2)c1.[Fe]. The van der Waals surface area contributed by atoms with Gasteiger partial charge in [0.1, 0.15) is 11.0 Å². The Hall–Kier alpha value is -1.62. The van der Waals surface area contributed by atoms with Gasteiger partial charge in [-0.1, -0.05) is 104 Å². The van der Waals surface area contributed by atoms with E-state index < -0.39 is 15.8 Å². The third-order valence-electron chi connectivity index (χ3n) is 8.60.